The van der Waals surface area contributed by atoms with Crippen molar-refractivity contribution in [1.82, 2.24) is 14.5 Å². The quantitative estimate of drug-likeness (QED) is 0.742. The lowest BCUT2D eigenvalue weighted by molar-refractivity contribution is 0.224. The maximum absolute atomic E-state index is 12.8. The molecule has 1 aliphatic heterocycles. The van der Waals surface area contributed by atoms with Crippen LogP contribution in [0.25, 0.3) is 0 Å². The summed E-state index contributed by atoms with van der Waals surface area (Å²) in [6.45, 7) is 13.6. The van der Waals surface area contributed by atoms with E-state index in [0.717, 1.165) is 30.3 Å². The number of aromatic nitrogens is 2. The molecule has 0 atom stereocenters. The molecule has 7 nitrogen and oxygen atoms in total. The van der Waals surface area contributed by atoms with E-state index >= 15 is 0 Å². The Morgan fingerprint density at radius 2 is 1.75 bits per heavy atom. The van der Waals surface area contributed by atoms with Gasteiger partial charge < -0.3 is 10.6 Å². The predicted molar refractivity (Wildman–Crippen MR) is 93.8 cm³/mol. The number of nitrogens with zero attached hydrogens (tertiary/aromatic N) is 3. The van der Waals surface area contributed by atoms with E-state index in [0.29, 0.717) is 5.96 Å². The molecule has 0 fully saturated rings. The smallest absolute Gasteiger partial charge is 0.328 e. The summed E-state index contributed by atoms with van der Waals surface area (Å²) < 4.78 is 13.9. The molecular weight excluding hydrogens is 313 g/mol. The zero-order chi connectivity index (χ0) is 18.7. The van der Waals surface area contributed by atoms with Gasteiger partial charge in [-0.25, -0.2) is 4.79 Å². The fourth-order valence-corrected chi connectivity index (χ4v) is 2.25. The van der Waals surface area contributed by atoms with Crippen LogP contribution in [0.4, 0.5) is 4.39 Å². The zero-order valence-electron chi connectivity index (χ0n) is 15.3. The van der Waals surface area contributed by atoms with Gasteiger partial charge in [0.05, 0.1) is 6.20 Å². The van der Waals surface area contributed by atoms with Crippen molar-refractivity contribution in [2.24, 2.45) is 10.7 Å². The highest BCUT2D eigenvalue weighted by molar-refractivity contribution is 5.79. The lowest BCUT2D eigenvalue weighted by Crippen LogP contribution is -2.51. The van der Waals surface area contributed by atoms with Gasteiger partial charge in [-0.15, -0.1) is 0 Å². The van der Waals surface area contributed by atoms with E-state index in [4.69, 9.17) is 5.73 Å². The summed E-state index contributed by atoms with van der Waals surface area (Å²) in [5, 5.41) is 0. The fraction of sp³-hybridized carbons (Fsp3) is 0.688. The molecule has 0 radical (unpaired) electrons. The van der Waals surface area contributed by atoms with Crippen molar-refractivity contribution in [2.45, 2.75) is 59.0 Å². The van der Waals surface area contributed by atoms with Crippen LogP contribution in [0.1, 0.15) is 48.0 Å². The number of H-pyrrole nitrogens is 1. The van der Waals surface area contributed by atoms with Crippen molar-refractivity contribution in [3.8, 4) is 0 Å². The Hall–Kier alpha value is -2.12. The highest BCUT2D eigenvalue weighted by Crippen LogP contribution is 2.15. The van der Waals surface area contributed by atoms with Gasteiger partial charge in [0, 0.05) is 24.2 Å². The number of nitrogens with two attached hydrogens (primary N) is 1. The second-order valence-electron chi connectivity index (χ2n) is 7.69. The van der Waals surface area contributed by atoms with E-state index < -0.39 is 22.6 Å². The van der Waals surface area contributed by atoms with Crippen molar-refractivity contribution in [3.63, 3.8) is 0 Å². The molecule has 0 saturated carbocycles. The third-order valence-electron chi connectivity index (χ3n) is 3.52. The van der Waals surface area contributed by atoms with Crippen LogP contribution < -0.4 is 17.0 Å². The van der Waals surface area contributed by atoms with Crippen LogP contribution in [0.3, 0.4) is 0 Å². The van der Waals surface area contributed by atoms with E-state index in [-0.39, 0.29) is 5.54 Å². The SMILES string of the molecule is CC(C)(C)N1CCCN=C1N.CC(C)(C)n1cc(F)c(=O)[nH]c1=O. The van der Waals surface area contributed by atoms with E-state index in [1.807, 2.05) is 4.98 Å². The maximum Gasteiger partial charge on any atom is 0.328 e. The molecule has 0 aliphatic carbocycles. The number of guanidine groups is 1. The first-order valence-electron chi connectivity index (χ1n) is 7.93. The molecule has 0 unspecified atom stereocenters. The summed E-state index contributed by atoms with van der Waals surface area (Å²) in [5.41, 5.74) is 3.74. The number of hydrogen-bond donors (Lipinski definition) is 2. The Balaban J connectivity index is 0.000000243. The highest BCUT2D eigenvalue weighted by Gasteiger charge is 2.24. The van der Waals surface area contributed by atoms with Crippen molar-refractivity contribution in [3.05, 3.63) is 32.9 Å². The lowest BCUT2D eigenvalue weighted by Gasteiger charge is -2.38. The average molecular weight is 341 g/mol. The van der Waals surface area contributed by atoms with Crippen LogP contribution in [0.2, 0.25) is 0 Å². The Kier molecular flexibility index (Phi) is 5.97. The molecule has 2 heterocycles. The minimum atomic E-state index is -0.981. The molecule has 0 saturated heterocycles. The van der Waals surface area contributed by atoms with Gasteiger partial charge in [0.25, 0.3) is 5.56 Å². The predicted octanol–water partition coefficient (Wildman–Crippen LogP) is 1.24. The van der Waals surface area contributed by atoms with Gasteiger partial charge in [-0.05, 0) is 48.0 Å². The van der Waals surface area contributed by atoms with Crippen LogP contribution in [0.5, 0.6) is 0 Å². The van der Waals surface area contributed by atoms with E-state index in [2.05, 4.69) is 30.7 Å². The summed E-state index contributed by atoms with van der Waals surface area (Å²) in [7, 11) is 0. The van der Waals surface area contributed by atoms with Gasteiger partial charge in [0.2, 0.25) is 5.82 Å². The molecule has 3 N–H and O–H groups in total. The topological polar surface area (TPSA) is 96.5 Å². The molecular formula is C16H28FN5O2. The highest BCUT2D eigenvalue weighted by atomic mass is 19.1. The first-order valence-corrected chi connectivity index (χ1v) is 7.93. The van der Waals surface area contributed by atoms with Gasteiger partial charge >= 0.3 is 5.69 Å². The number of aromatic amines is 1. The Morgan fingerprint density at radius 1 is 1.17 bits per heavy atom. The van der Waals surface area contributed by atoms with E-state index in [1.54, 1.807) is 20.8 Å². The maximum atomic E-state index is 12.8. The molecule has 0 bridgehead atoms. The van der Waals surface area contributed by atoms with Gasteiger partial charge in [0.15, 0.2) is 5.96 Å². The summed E-state index contributed by atoms with van der Waals surface area (Å²) >= 11 is 0. The second kappa shape index (κ2) is 7.19. The van der Waals surface area contributed by atoms with Crippen molar-refractivity contribution >= 4 is 5.96 Å². The molecule has 0 aromatic carbocycles. The van der Waals surface area contributed by atoms with Gasteiger partial charge in [-0.2, -0.15) is 4.39 Å². The number of halogens is 1. The van der Waals surface area contributed by atoms with Crippen molar-refractivity contribution in [1.29, 1.82) is 0 Å². The van der Waals surface area contributed by atoms with Crippen LogP contribution in [-0.4, -0.2) is 39.0 Å². The normalized spacial score (nSPS) is 15.5. The number of hydrogen-bond acceptors (Lipinski definition) is 5. The summed E-state index contributed by atoms with van der Waals surface area (Å²) in [4.78, 5) is 30.1. The summed E-state index contributed by atoms with van der Waals surface area (Å²) in [6.07, 6.45) is 2.04. The fourth-order valence-electron chi connectivity index (χ4n) is 2.25. The van der Waals surface area contributed by atoms with Crippen molar-refractivity contribution in [2.75, 3.05) is 13.1 Å². The van der Waals surface area contributed by atoms with E-state index in [9.17, 15) is 14.0 Å². The summed E-state index contributed by atoms with van der Waals surface area (Å²) in [5.74, 6) is -0.252. The molecule has 1 aromatic heterocycles. The first kappa shape index (κ1) is 19.9. The minimum Gasteiger partial charge on any atom is -0.370 e. The molecule has 1 aromatic rings. The second-order valence-corrected chi connectivity index (χ2v) is 7.69. The van der Waals surface area contributed by atoms with Gasteiger partial charge in [-0.1, -0.05) is 0 Å². The molecule has 2 rings (SSSR count). The Morgan fingerprint density at radius 3 is 2.17 bits per heavy atom. The van der Waals surface area contributed by atoms with Crippen LogP contribution >= 0.6 is 0 Å². The lowest BCUT2D eigenvalue weighted by atomic mass is 10.1. The average Bonchev–Trinajstić information content (AvgIpc) is 2.41. The van der Waals surface area contributed by atoms with Crippen LogP contribution in [-0.2, 0) is 5.54 Å². The minimum absolute atomic E-state index is 0.119. The number of rotatable bonds is 0. The Bertz CT molecular complexity index is 707. The van der Waals surface area contributed by atoms with Crippen LogP contribution in [0.15, 0.2) is 20.8 Å². The largest absolute Gasteiger partial charge is 0.370 e. The number of nitrogens with one attached hydrogen (secondary N) is 1. The standard InChI is InChI=1S/C8H11FN2O2.C8H17N3/c1-8(2,3)11-4-5(9)6(12)10-7(11)13;1-8(2,3)11-6-4-5-10-7(11)9/h4H,1-3H3,(H,10,12,13);4-6H2,1-3H3,(H2,9,10). The van der Waals surface area contributed by atoms with Gasteiger partial charge in [-0.3, -0.25) is 19.3 Å². The zero-order valence-corrected chi connectivity index (χ0v) is 15.3. The molecule has 8 heteroatoms. The first-order chi connectivity index (χ1) is 10.8. The molecule has 0 amide bonds. The molecule has 136 valence electrons. The third kappa shape index (κ3) is 5.21. The van der Waals surface area contributed by atoms with E-state index in [1.165, 1.54) is 0 Å². The van der Waals surface area contributed by atoms with Crippen molar-refractivity contribution < 1.29 is 4.39 Å². The third-order valence-corrected chi connectivity index (χ3v) is 3.52. The molecule has 1 aliphatic rings. The number of aliphatic imine (C=N–C) groups is 1. The monoisotopic (exact) mass is 341 g/mol. The Labute approximate surface area is 141 Å². The van der Waals surface area contributed by atoms with Crippen LogP contribution in [0, 0.1) is 5.82 Å². The summed E-state index contributed by atoms with van der Waals surface area (Å²) in [6, 6.07) is 0. The molecule has 24 heavy (non-hydrogen) atoms. The molecule has 0 spiro atoms. The van der Waals surface area contributed by atoms with Gasteiger partial charge in [0.1, 0.15) is 0 Å².